The van der Waals surface area contributed by atoms with E-state index in [4.69, 9.17) is 0 Å². The Balaban J connectivity index is 2.10. The molecule has 3 heteroatoms. The van der Waals surface area contributed by atoms with Gasteiger partial charge >= 0.3 is 139 Å². The van der Waals surface area contributed by atoms with Gasteiger partial charge in [0.2, 0.25) is 0 Å². The van der Waals surface area contributed by atoms with Crippen molar-refractivity contribution in [1.29, 1.82) is 0 Å². The van der Waals surface area contributed by atoms with Gasteiger partial charge in [0.1, 0.15) is 0 Å². The molecule has 0 radical (unpaired) electrons. The van der Waals surface area contributed by atoms with E-state index >= 15 is 0 Å². The molecule has 2 aliphatic rings. The first-order chi connectivity index (χ1) is 9.95. The van der Waals surface area contributed by atoms with E-state index in [9.17, 15) is 0 Å². The molecule has 118 valence electrons. The predicted octanol–water partition coefficient (Wildman–Crippen LogP) is 3.01. The fraction of sp³-hybridized carbons (Fsp3) is 0.556. The Morgan fingerprint density at radius 2 is 1.00 bits per heavy atom. The Morgan fingerprint density at radius 3 is 1.29 bits per heavy atom. The van der Waals surface area contributed by atoms with E-state index in [-0.39, 0.29) is 0 Å². The minimum atomic E-state index is -0.676. The van der Waals surface area contributed by atoms with E-state index in [1.54, 1.807) is 0 Å². The fourth-order valence-corrected chi connectivity index (χ4v) is 7.96. The molecular weight excluding hydrogens is 340 g/mol. The van der Waals surface area contributed by atoms with Crippen LogP contribution in [0.15, 0.2) is 48.6 Å². The van der Waals surface area contributed by atoms with E-state index in [1.807, 2.05) is 0 Å². The Kier molecular flexibility index (Phi) is 5.82. The number of allylic oxidation sites excluding steroid dienone is 8. The van der Waals surface area contributed by atoms with E-state index in [0.29, 0.717) is 7.61 Å². The summed E-state index contributed by atoms with van der Waals surface area (Å²) in [6.45, 7) is 2.35. The van der Waals surface area contributed by atoms with Gasteiger partial charge in [0.25, 0.3) is 0 Å². The molecule has 0 amide bonds. The van der Waals surface area contributed by atoms with Gasteiger partial charge in [-0.2, -0.15) is 0 Å². The van der Waals surface area contributed by atoms with Crippen LogP contribution < -0.4 is 0 Å². The first kappa shape index (κ1) is 16.9. The molecule has 2 nitrogen and oxygen atoms in total. The summed E-state index contributed by atoms with van der Waals surface area (Å²) < 4.78 is 0.776. The summed E-state index contributed by atoms with van der Waals surface area (Å²) in [5, 5.41) is 0. The number of hydrogen-bond donors (Lipinski definition) is 0. The molecule has 0 spiro atoms. The molecule has 0 N–H and O–H groups in total. The van der Waals surface area contributed by atoms with Gasteiger partial charge in [-0.3, -0.25) is 0 Å². The molecule has 0 saturated heterocycles. The van der Waals surface area contributed by atoms with E-state index in [2.05, 4.69) is 86.6 Å². The first-order valence-corrected chi connectivity index (χ1v) is 10.2. The molecule has 2 aliphatic carbocycles. The molecule has 0 aliphatic heterocycles. The third-order valence-corrected chi connectivity index (χ3v) is 9.36. The number of nitrogens with zero attached hydrogens (tertiary/aromatic N) is 2. The van der Waals surface area contributed by atoms with Crippen LogP contribution in [-0.2, 0) is 18.6 Å². The molecule has 0 atom stereocenters. The Bertz CT molecular complexity index is 392. The van der Waals surface area contributed by atoms with Crippen LogP contribution in [0.1, 0.15) is 12.8 Å². The van der Waals surface area contributed by atoms with Crippen molar-refractivity contribution in [3.8, 4) is 0 Å². The summed E-state index contributed by atoms with van der Waals surface area (Å²) in [7, 11) is 8.72. The standard InChI is InChI=1S/2C9H14N.Mo.2H/c2*1-10(2)8-7-9-5-3-4-6-9;;;/h2*3-6H,7-8H2,1-2H3;;;. The molecular formula is C18H30MoN2. The Hall–Kier alpha value is -0.432. The number of hydrogen-bond acceptors (Lipinski definition) is 2. The minimum absolute atomic E-state index is 0.388. The molecule has 2 rings (SSSR count). The average molecular weight is 370 g/mol. The van der Waals surface area contributed by atoms with Gasteiger partial charge in [-0.05, 0) is 0 Å². The summed E-state index contributed by atoms with van der Waals surface area (Å²) in [6.07, 6.45) is 21.5. The van der Waals surface area contributed by atoms with Crippen LogP contribution in [0.2, 0.25) is 7.61 Å². The molecule has 0 heterocycles. The van der Waals surface area contributed by atoms with E-state index < -0.39 is 18.6 Å². The predicted molar refractivity (Wildman–Crippen MR) is 91.1 cm³/mol. The summed E-state index contributed by atoms with van der Waals surface area (Å²) >= 11 is -0.676. The molecule has 21 heavy (non-hydrogen) atoms. The third-order valence-electron chi connectivity index (χ3n) is 4.21. The molecule has 0 saturated carbocycles. The maximum absolute atomic E-state index is 2.49. The summed E-state index contributed by atoms with van der Waals surface area (Å²) in [5.74, 6) is 0. The SMILES string of the molecule is CN(C)CC[C]1([MoH2][C]2(CCN(C)C)C=CC=C2)C=CC=C1. The van der Waals surface area contributed by atoms with Crippen molar-refractivity contribution in [2.45, 2.75) is 20.5 Å². The van der Waals surface area contributed by atoms with E-state index in [0.717, 1.165) is 0 Å². The molecule has 0 fully saturated rings. The van der Waals surface area contributed by atoms with E-state index in [1.165, 1.54) is 25.9 Å². The molecule has 0 unspecified atom stereocenters. The van der Waals surface area contributed by atoms with Gasteiger partial charge in [0.15, 0.2) is 0 Å². The summed E-state index contributed by atoms with van der Waals surface area (Å²) in [5.41, 5.74) is 0. The van der Waals surface area contributed by atoms with Gasteiger partial charge in [-0.1, -0.05) is 0 Å². The average Bonchev–Trinajstić information content (AvgIpc) is 3.06. The Labute approximate surface area is 138 Å². The van der Waals surface area contributed by atoms with Gasteiger partial charge in [0.05, 0.1) is 0 Å². The van der Waals surface area contributed by atoms with Crippen LogP contribution in [0, 0.1) is 0 Å². The van der Waals surface area contributed by atoms with Crippen molar-refractivity contribution in [3.05, 3.63) is 48.6 Å². The van der Waals surface area contributed by atoms with Crippen molar-refractivity contribution in [2.24, 2.45) is 0 Å². The zero-order valence-corrected chi connectivity index (χ0v) is 16.3. The van der Waals surface area contributed by atoms with Crippen molar-refractivity contribution in [2.75, 3.05) is 41.3 Å². The van der Waals surface area contributed by atoms with Crippen LogP contribution in [0.3, 0.4) is 0 Å². The normalized spacial score (nSPS) is 21.4. The third kappa shape index (κ3) is 4.77. The molecule has 0 aromatic heterocycles. The fourth-order valence-electron chi connectivity index (χ4n) is 2.90. The van der Waals surface area contributed by atoms with Crippen LogP contribution in [0.5, 0.6) is 0 Å². The van der Waals surface area contributed by atoms with Crippen LogP contribution in [-0.4, -0.2) is 51.1 Å². The summed E-state index contributed by atoms with van der Waals surface area (Å²) in [6, 6.07) is 0. The second kappa shape index (κ2) is 7.22. The van der Waals surface area contributed by atoms with Gasteiger partial charge in [-0.25, -0.2) is 0 Å². The van der Waals surface area contributed by atoms with Gasteiger partial charge in [-0.15, -0.1) is 0 Å². The second-order valence-electron chi connectivity index (χ2n) is 6.75. The van der Waals surface area contributed by atoms with Crippen LogP contribution >= 0.6 is 0 Å². The zero-order chi connectivity index (χ0) is 15.3. The Morgan fingerprint density at radius 1 is 0.667 bits per heavy atom. The van der Waals surface area contributed by atoms with Crippen molar-refractivity contribution < 1.29 is 18.6 Å². The first-order valence-electron chi connectivity index (χ1n) is 7.78. The quantitative estimate of drug-likeness (QED) is 0.606. The molecule has 0 bridgehead atoms. The topological polar surface area (TPSA) is 6.48 Å². The van der Waals surface area contributed by atoms with Crippen LogP contribution in [0.4, 0.5) is 0 Å². The van der Waals surface area contributed by atoms with Crippen LogP contribution in [0.25, 0.3) is 0 Å². The molecule has 0 aromatic rings. The number of rotatable bonds is 8. The van der Waals surface area contributed by atoms with Gasteiger partial charge in [0, 0.05) is 0 Å². The van der Waals surface area contributed by atoms with Crippen molar-refractivity contribution >= 4 is 0 Å². The molecule has 0 aromatic carbocycles. The van der Waals surface area contributed by atoms with Gasteiger partial charge < -0.3 is 0 Å². The zero-order valence-electron chi connectivity index (χ0n) is 13.8. The monoisotopic (exact) mass is 372 g/mol. The van der Waals surface area contributed by atoms with Crippen molar-refractivity contribution in [3.63, 3.8) is 0 Å². The van der Waals surface area contributed by atoms with Crippen molar-refractivity contribution in [1.82, 2.24) is 9.80 Å². The summed E-state index contributed by atoms with van der Waals surface area (Å²) in [4.78, 5) is 4.63. The second-order valence-corrected chi connectivity index (χ2v) is 11.9. The maximum atomic E-state index is 2.49.